The molecule has 1 aliphatic heterocycles. The summed E-state index contributed by atoms with van der Waals surface area (Å²) < 4.78 is 0.944. The molecular formula is C16H21BrN2O2. The third-order valence-corrected chi connectivity index (χ3v) is 4.58. The topological polar surface area (TPSA) is 49.4 Å². The van der Waals surface area contributed by atoms with Crippen LogP contribution in [0, 0.1) is 6.92 Å². The van der Waals surface area contributed by atoms with Crippen LogP contribution in [0.1, 0.15) is 37.7 Å². The molecule has 114 valence electrons. The second-order valence-electron chi connectivity index (χ2n) is 5.48. The lowest BCUT2D eigenvalue weighted by Crippen LogP contribution is -2.34. The number of carbonyl (C=O) groups excluding carboxylic acids is 2. The van der Waals surface area contributed by atoms with Gasteiger partial charge in [0.15, 0.2) is 0 Å². The van der Waals surface area contributed by atoms with Gasteiger partial charge in [-0.3, -0.25) is 9.59 Å². The van der Waals surface area contributed by atoms with Crippen LogP contribution in [0.15, 0.2) is 22.7 Å². The Morgan fingerprint density at radius 1 is 1.19 bits per heavy atom. The highest BCUT2D eigenvalue weighted by Gasteiger charge is 2.18. The van der Waals surface area contributed by atoms with Crippen molar-refractivity contribution in [2.45, 2.75) is 39.0 Å². The molecule has 1 N–H and O–H groups in total. The van der Waals surface area contributed by atoms with E-state index in [1.54, 1.807) is 0 Å². The van der Waals surface area contributed by atoms with Crippen molar-refractivity contribution >= 4 is 33.4 Å². The fraction of sp³-hybridized carbons (Fsp3) is 0.500. The zero-order valence-corrected chi connectivity index (χ0v) is 13.9. The molecule has 21 heavy (non-hydrogen) atoms. The first-order valence-corrected chi connectivity index (χ1v) is 8.19. The van der Waals surface area contributed by atoms with Gasteiger partial charge in [0.1, 0.15) is 6.42 Å². The third-order valence-electron chi connectivity index (χ3n) is 3.73. The average Bonchev–Trinajstić information content (AvgIpc) is 2.72. The first kappa shape index (κ1) is 16.0. The quantitative estimate of drug-likeness (QED) is 0.846. The Hall–Kier alpha value is -1.36. The van der Waals surface area contributed by atoms with Gasteiger partial charge in [0.2, 0.25) is 11.8 Å². The zero-order valence-electron chi connectivity index (χ0n) is 12.3. The molecular weight excluding hydrogens is 332 g/mol. The maximum atomic E-state index is 12.1. The Bertz CT molecular complexity index is 523. The minimum Gasteiger partial charge on any atom is -0.342 e. The predicted octanol–water partition coefficient (Wildman–Crippen LogP) is 3.49. The number of anilines is 1. The molecule has 2 amide bonds. The summed E-state index contributed by atoms with van der Waals surface area (Å²) in [4.78, 5) is 25.9. The molecule has 1 aromatic rings. The van der Waals surface area contributed by atoms with Crippen LogP contribution >= 0.6 is 15.9 Å². The number of nitrogens with zero attached hydrogens (tertiary/aromatic N) is 1. The number of carbonyl (C=O) groups is 2. The minimum atomic E-state index is -0.250. The first-order valence-electron chi connectivity index (χ1n) is 7.40. The van der Waals surface area contributed by atoms with Gasteiger partial charge in [-0.05, 0) is 37.5 Å². The van der Waals surface area contributed by atoms with Crippen molar-refractivity contribution in [1.29, 1.82) is 0 Å². The Balaban J connectivity index is 1.88. The minimum absolute atomic E-state index is 0.0689. The summed E-state index contributed by atoms with van der Waals surface area (Å²) in [6.07, 6.45) is 4.35. The van der Waals surface area contributed by atoms with Crippen molar-refractivity contribution in [3.8, 4) is 0 Å². The van der Waals surface area contributed by atoms with Crippen LogP contribution in [-0.4, -0.2) is 29.8 Å². The van der Waals surface area contributed by atoms with Crippen molar-refractivity contribution in [3.63, 3.8) is 0 Å². The smallest absolute Gasteiger partial charge is 0.233 e. The molecule has 1 aromatic carbocycles. The molecule has 0 bridgehead atoms. The molecule has 1 aliphatic rings. The van der Waals surface area contributed by atoms with E-state index in [0.717, 1.165) is 36.0 Å². The zero-order chi connectivity index (χ0) is 15.2. The average molecular weight is 353 g/mol. The number of likely N-dealkylation sites (tertiary alicyclic amines) is 1. The van der Waals surface area contributed by atoms with Gasteiger partial charge in [-0.2, -0.15) is 0 Å². The molecule has 0 aliphatic carbocycles. The molecule has 5 heteroatoms. The lowest BCUT2D eigenvalue weighted by molar-refractivity contribution is -0.134. The van der Waals surface area contributed by atoms with Gasteiger partial charge in [0.05, 0.1) is 0 Å². The standard InChI is InChI=1S/C16H21BrN2O2/c1-12-6-7-13(10-14(12)17)18-15(20)11-16(21)19-8-4-2-3-5-9-19/h6-7,10H,2-5,8-9,11H2,1H3,(H,18,20). The molecule has 0 saturated carbocycles. The highest BCUT2D eigenvalue weighted by atomic mass is 79.9. The van der Waals surface area contributed by atoms with Gasteiger partial charge in [0, 0.05) is 23.2 Å². The normalized spacial score (nSPS) is 15.4. The van der Waals surface area contributed by atoms with Gasteiger partial charge in [-0.25, -0.2) is 0 Å². The highest BCUT2D eigenvalue weighted by Crippen LogP contribution is 2.20. The molecule has 1 heterocycles. The number of amides is 2. The molecule has 0 aromatic heterocycles. The maximum Gasteiger partial charge on any atom is 0.233 e. The Kier molecular flexibility index (Phi) is 5.79. The molecule has 4 nitrogen and oxygen atoms in total. The molecule has 0 radical (unpaired) electrons. The fourth-order valence-electron chi connectivity index (χ4n) is 2.45. The van der Waals surface area contributed by atoms with Crippen LogP contribution < -0.4 is 5.32 Å². The number of hydrogen-bond donors (Lipinski definition) is 1. The number of aryl methyl sites for hydroxylation is 1. The van der Waals surface area contributed by atoms with E-state index in [1.807, 2.05) is 30.0 Å². The van der Waals surface area contributed by atoms with E-state index in [1.165, 1.54) is 12.8 Å². The molecule has 1 fully saturated rings. The van der Waals surface area contributed by atoms with Crippen LogP contribution in [0.4, 0.5) is 5.69 Å². The Labute approximate surface area is 134 Å². The lowest BCUT2D eigenvalue weighted by atomic mass is 10.2. The van der Waals surface area contributed by atoms with Crippen molar-refractivity contribution in [3.05, 3.63) is 28.2 Å². The SMILES string of the molecule is Cc1ccc(NC(=O)CC(=O)N2CCCCCC2)cc1Br. The Morgan fingerprint density at radius 3 is 2.48 bits per heavy atom. The summed E-state index contributed by atoms with van der Waals surface area (Å²) in [5, 5.41) is 2.78. The van der Waals surface area contributed by atoms with Crippen molar-refractivity contribution in [1.82, 2.24) is 4.90 Å². The molecule has 0 atom stereocenters. The van der Waals surface area contributed by atoms with Gasteiger partial charge in [0.25, 0.3) is 0 Å². The summed E-state index contributed by atoms with van der Waals surface area (Å²) in [5.41, 5.74) is 1.81. The molecule has 1 saturated heterocycles. The van der Waals surface area contributed by atoms with E-state index in [0.29, 0.717) is 5.69 Å². The van der Waals surface area contributed by atoms with Gasteiger partial charge < -0.3 is 10.2 Å². The maximum absolute atomic E-state index is 12.1. The molecule has 0 unspecified atom stereocenters. The summed E-state index contributed by atoms with van der Waals surface area (Å²) >= 11 is 3.43. The summed E-state index contributed by atoms with van der Waals surface area (Å²) in [6, 6.07) is 5.62. The first-order chi connectivity index (χ1) is 10.1. The number of benzene rings is 1. The summed E-state index contributed by atoms with van der Waals surface area (Å²) in [5.74, 6) is -0.319. The van der Waals surface area contributed by atoms with Crippen LogP contribution in [0.25, 0.3) is 0 Å². The Morgan fingerprint density at radius 2 is 1.86 bits per heavy atom. The highest BCUT2D eigenvalue weighted by molar-refractivity contribution is 9.10. The van der Waals surface area contributed by atoms with Crippen LogP contribution in [0.3, 0.4) is 0 Å². The number of nitrogens with one attached hydrogen (secondary N) is 1. The van der Waals surface area contributed by atoms with Gasteiger partial charge in [-0.1, -0.05) is 34.8 Å². The molecule has 2 rings (SSSR count). The number of halogens is 1. The van der Waals surface area contributed by atoms with Crippen LogP contribution in [-0.2, 0) is 9.59 Å². The fourth-order valence-corrected chi connectivity index (χ4v) is 2.82. The van der Waals surface area contributed by atoms with Crippen LogP contribution in [0.2, 0.25) is 0 Å². The van der Waals surface area contributed by atoms with Gasteiger partial charge in [-0.15, -0.1) is 0 Å². The van der Waals surface area contributed by atoms with E-state index in [4.69, 9.17) is 0 Å². The van der Waals surface area contributed by atoms with E-state index < -0.39 is 0 Å². The largest absolute Gasteiger partial charge is 0.342 e. The lowest BCUT2D eigenvalue weighted by Gasteiger charge is -2.20. The predicted molar refractivity (Wildman–Crippen MR) is 87.2 cm³/mol. The summed E-state index contributed by atoms with van der Waals surface area (Å²) in [7, 11) is 0. The van der Waals surface area contributed by atoms with Crippen molar-refractivity contribution in [2.24, 2.45) is 0 Å². The monoisotopic (exact) mass is 352 g/mol. The van der Waals surface area contributed by atoms with E-state index in [-0.39, 0.29) is 18.2 Å². The van der Waals surface area contributed by atoms with E-state index >= 15 is 0 Å². The molecule has 0 spiro atoms. The van der Waals surface area contributed by atoms with Crippen LogP contribution in [0.5, 0.6) is 0 Å². The van der Waals surface area contributed by atoms with E-state index in [2.05, 4.69) is 21.2 Å². The summed E-state index contributed by atoms with van der Waals surface area (Å²) in [6.45, 7) is 3.54. The second-order valence-corrected chi connectivity index (χ2v) is 6.34. The second kappa shape index (κ2) is 7.59. The van der Waals surface area contributed by atoms with E-state index in [9.17, 15) is 9.59 Å². The number of hydrogen-bond acceptors (Lipinski definition) is 2. The third kappa shape index (κ3) is 4.84. The van der Waals surface area contributed by atoms with Crippen molar-refractivity contribution in [2.75, 3.05) is 18.4 Å². The number of rotatable bonds is 3. The van der Waals surface area contributed by atoms with Crippen molar-refractivity contribution < 1.29 is 9.59 Å². The van der Waals surface area contributed by atoms with Gasteiger partial charge >= 0.3 is 0 Å².